The third kappa shape index (κ3) is 7.01. The van der Waals surface area contributed by atoms with E-state index in [4.69, 9.17) is 0 Å². The van der Waals surface area contributed by atoms with Gasteiger partial charge in [-0.2, -0.15) is 5.10 Å². The summed E-state index contributed by atoms with van der Waals surface area (Å²) in [5.74, 6) is -1.06. The van der Waals surface area contributed by atoms with Crippen LogP contribution in [0.5, 0.6) is 5.75 Å². The van der Waals surface area contributed by atoms with Gasteiger partial charge in [-0.05, 0) is 36.8 Å². The molecule has 2 aromatic rings. The summed E-state index contributed by atoms with van der Waals surface area (Å²) in [6, 6.07) is 10.2. The molecule has 0 aliphatic rings. The Bertz CT molecular complexity index is 943. The topological polar surface area (TPSA) is 134 Å². The number of nitro benzene ring substituents is 1. The van der Waals surface area contributed by atoms with Crippen LogP contribution >= 0.6 is 0 Å². The van der Waals surface area contributed by atoms with Gasteiger partial charge in [0.05, 0.1) is 11.1 Å². The minimum absolute atomic E-state index is 0.101. The molecule has 0 radical (unpaired) electrons. The van der Waals surface area contributed by atoms with E-state index in [0.717, 1.165) is 31.7 Å². The molecule has 0 spiro atoms. The summed E-state index contributed by atoms with van der Waals surface area (Å²) in [5, 5.41) is 26.8. The fourth-order valence-electron chi connectivity index (χ4n) is 2.67. The van der Waals surface area contributed by atoms with Crippen molar-refractivity contribution in [1.82, 2.24) is 5.43 Å². The molecular formula is C21H24N4O5. The number of amides is 2. The highest BCUT2D eigenvalue weighted by atomic mass is 16.6. The highest BCUT2D eigenvalue weighted by molar-refractivity contribution is 5.97. The number of phenolic OH excluding ortho intramolecular Hbond substituents is 1. The smallest absolute Gasteiger partial charge is 0.311 e. The second-order valence-electron chi connectivity index (χ2n) is 6.64. The molecule has 0 unspecified atom stereocenters. The highest BCUT2D eigenvalue weighted by Gasteiger charge is 2.13. The predicted molar refractivity (Wildman–Crippen MR) is 114 cm³/mol. The lowest BCUT2D eigenvalue weighted by atomic mass is 10.1. The molecule has 2 amide bonds. The number of nitrogens with zero attached hydrogens (tertiary/aromatic N) is 2. The van der Waals surface area contributed by atoms with Crippen molar-refractivity contribution in [2.75, 3.05) is 5.32 Å². The van der Waals surface area contributed by atoms with Crippen LogP contribution in [0.2, 0.25) is 0 Å². The zero-order valence-electron chi connectivity index (χ0n) is 16.6. The first-order valence-electron chi connectivity index (χ1n) is 9.61. The number of nitro groups is 1. The number of hydrogen-bond acceptors (Lipinski definition) is 6. The second kappa shape index (κ2) is 11.3. The Kier molecular flexibility index (Phi) is 8.49. The Morgan fingerprint density at radius 2 is 1.97 bits per heavy atom. The van der Waals surface area contributed by atoms with E-state index in [1.165, 1.54) is 18.3 Å². The number of aromatic hydroxyl groups is 1. The highest BCUT2D eigenvalue weighted by Crippen LogP contribution is 2.25. The summed E-state index contributed by atoms with van der Waals surface area (Å²) in [5.41, 5.74) is 3.02. The van der Waals surface area contributed by atoms with Crippen LogP contribution in [0.3, 0.4) is 0 Å². The van der Waals surface area contributed by atoms with Crippen LogP contribution in [0.15, 0.2) is 47.6 Å². The first-order chi connectivity index (χ1) is 14.4. The number of hydrogen-bond donors (Lipinski definition) is 3. The molecule has 9 nitrogen and oxygen atoms in total. The van der Waals surface area contributed by atoms with Gasteiger partial charge in [-0.1, -0.05) is 32.3 Å². The minimum atomic E-state index is -0.713. The van der Waals surface area contributed by atoms with Crippen LogP contribution in [0, 0.1) is 10.1 Å². The molecule has 158 valence electrons. The van der Waals surface area contributed by atoms with Crippen molar-refractivity contribution in [3.63, 3.8) is 0 Å². The van der Waals surface area contributed by atoms with Crippen LogP contribution < -0.4 is 10.7 Å². The molecule has 0 aliphatic heterocycles. The largest absolute Gasteiger partial charge is 0.502 e. The molecule has 0 atom stereocenters. The molecule has 0 heterocycles. The lowest BCUT2D eigenvalue weighted by Crippen LogP contribution is -2.18. The van der Waals surface area contributed by atoms with Gasteiger partial charge in [0.2, 0.25) is 5.91 Å². The number of nitrogens with one attached hydrogen (secondary N) is 2. The Hall–Kier alpha value is -3.75. The van der Waals surface area contributed by atoms with Crippen molar-refractivity contribution in [3.8, 4) is 5.75 Å². The molecule has 0 saturated heterocycles. The van der Waals surface area contributed by atoms with Gasteiger partial charge in [0, 0.05) is 29.3 Å². The molecule has 2 rings (SSSR count). The Morgan fingerprint density at radius 3 is 2.70 bits per heavy atom. The standard InChI is InChI=1S/C21H24N4O5/c1-2-3-4-5-9-20(27)23-17-8-6-7-16(13-17)21(28)24-22-14-15-10-11-19(26)18(12-15)25(29)30/h6-8,10-14,26H,2-5,9H2,1H3,(H,23,27)(H,24,28)/b22-14+. The molecule has 2 aromatic carbocycles. The van der Waals surface area contributed by atoms with Gasteiger partial charge in [0.15, 0.2) is 5.75 Å². The van der Waals surface area contributed by atoms with E-state index in [9.17, 15) is 24.8 Å². The lowest BCUT2D eigenvalue weighted by Gasteiger charge is -2.07. The van der Waals surface area contributed by atoms with E-state index in [0.29, 0.717) is 23.2 Å². The van der Waals surface area contributed by atoms with Gasteiger partial charge >= 0.3 is 5.69 Å². The summed E-state index contributed by atoms with van der Waals surface area (Å²) in [4.78, 5) is 34.4. The second-order valence-corrected chi connectivity index (χ2v) is 6.64. The van der Waals surface area contributed by atoms with E-state index < -0.39 is 22.3 Å². The Labute approximate surface area is 174 Å². The average Bonchev–Trinajstić information content (AvgIpc) is 2.72. The normalized spacial score (nSPS) is 10.7. The summed E-state index contributed by atoms with van der Waals surface area (Å²) >= 11 is 0. The molecule has 0 bridgehead atoms. The number of carbonyl (C=O) groups is 2. The van der Waals surface area contributed by atoms with Gasteiger partial charge in [0.25, 0.3) is 5.91 Å². The quantitative estimate of drug-likeness (QED) is 0.235. The third-order valence-corrected chi connectivity index (χ3v) is 4.24. The van der Waals surface area contributed by atoms with Gasteiger partial charge in [0.1, 0.15) is 0 Å². The van der Waals surface area contributed by atoms with Crippen LogP contribution in [0.4, 0.5) is 11.4 Å². The first kappa shape index (κ1) is 22.5. The van der Waals surface area contributed by atoms with Crippen molar-refractivity contribution < 1.29 is 19.6 Å². The molecule has 3 N–H and O–H groups in total. The summed E-state index contributed by atoms with van der Waals surface area (Å²) in [6.07, 6.45) is 5.69. The summed E-state index contributed by atoms with van der Waals surface area (Å²) < 4.78 is 0. The van der Waals surface area contributed by atoms with Crippen molar-refractivity contribution >= 4 is 29.4 Å². The van der Waals surface area contributed by atoms with Gasteiger partial charge < -0.3 is 10.4 Å². The van der Waals surface area contributed by atoms with Crippen LogP contribution in [0.25, 0.3) is 0 Å². The van der Waals surface area contributed by atoms with Crippen molar-refractivity contribution in [2.24, 2.45) is 5.10 Å². The van der Waals surface area contributed by atoms with Gasteiger partial charge in [-0.15, -0.1) is 0 Å². The Morgan fingerprint density at radius 1 is 1.17 bits per heavy atom. The lowest BCUT2D eigenvalue weighted by molar-refractivity contribution is -0.385. The number of anilines is 1. The van der Waals surface area contributed by atoms with Crippen LogP contribution in [0.1, 0.15) is 54.9 Å². The molecule has 0 saturated carbocycles. The molecule has 30 heavy (non-hydrogen) atoms. The van der Waals surface area contributed by atoms with Gasteiger partial charge in [-0.25, -0.2) is 5.43 Å². The maximum absolute atomic E-state index is 12.3. The number of unbranched alkanes of at least 4 members (excludes halogenated alkanes) is 3. The zero-order valence-corrected chi connectivity index (χ0v) is 16.6. The summed E-state index contributed by atoms with van der Waals surface area (Å²) in [7, 11) is 0. The van der Waals surface area contributed by atoms with Crippen LogP contribution in [-0.4, -0.2) is 28.1 Å². The third-order valence-electron chi connectivity index (χ3n) is 4.24. The van der Waals surface area contributed by atoms with E-state index in [1.54, 1.807) is 24.3 Å². The van der Waals surface area contributed by atoms with Gasteiger partial charge in [-0.3, -0.25) is 19.7 Å². The number of rotatable bonds is 10. The average molecular weight is 412 g/mol. The SMILES string of the molecule is CCCCCCC(=O)Nc1cccc(C(=O)N/N=C/c2ccc(O)c([N+](=O)[O-])c2)c1. The molecule has 0 aromatic heterocycles. The molecule has 9 heteroatoms. The maximum atomic E-state index is 12.3. The molecule has 0 aliphatic carbocycles. The van der Waals surface area contributed by atoms with E-state index in [-0.39, 0.29) is 5.91 Å². The van der Waals surface area contributed by atoms with Crippen molar-refractivity contribution in [1.29, 1.82) is 0 Å². The van der Waals surface area contributed by atoms with Crippen molar-refractivity contribution in [3.05, 3.63) is 63.7 Å². The fraction of sp³-hybridized carbons (Fsp3) is 0.286. The van der Waals surface area contributed by atoms with Crippen molar-refractivity contribution in [2.45, 2.75) is 39.0 Å². The maximum Gasteiger partial charge on any atom is 0.311 e. The number of phenols is 1. The van der Waals surface area contributed by atoms with E-state index >= 15 is 0 Å². The number of benzene rings is 2. The zero-order chi connectivity index (χ0) is 21.9. The number of carbonyl (C=O) groups excluding carboxylic acids is 2. The Balaban J connectivity index is 1.94. The number of hydrazone groups is 1. The molecular weight excluding hydrogens is 388 g/mol. The van der Waals surface area contributed by atoms with Crippen LogP contribution in [-0.2, 0) is 4.79 Å². The monoisotopic (exact) mass is 412 g/mol. The first-order valence-corrected chi connectivity index (χ1v) is 9.61. The van der Waals surface area contributed by atoms with E-state index in [1.807, 2.05) is 0 Å². The van der Waals surface area contributed by atoms with E-state index in [2.05, 4.69) is 22.8 Å². The molecule has 0 fully saturated rings. The summed E-state index contributed by atoms with van der Waals surface area (Å²) in [6.45, 7) is 2.11. The minimum Gasteiger partial charge on any atom is -0.502 e. The fourth-order valence-corrected chi connectivity index (χ4v) is 2.67. The predicted octanol–water partition coefficient (Wildman–Crippen LogP) is 3.97.